The molecule has 2 aromatic rings. The molecule has 0 aliphatic heterocycles. The molecule has 2 N–H and O–H groups in total. The standard InChI is InChI=1S/C17H16Br2N2O3/c1-10-7-12(18)8-14(19)16(10)24-9-15(22)21-13-5-3-11(4-6-13)17(23)20-2/h3-8H,9H2,1-2H3,(H,20,23)(H,21,22). The van der Waals surface area contributed by atoms with Crippen molar-refractivity contribution in [2.45, 2.75) is 6.92 Å². The second-order valence-electron chi connectivity index (χ2n) is 5.03. The zero-order valence-electron chi connectivity index (χ0n) is 13.2. The highest BCUT2D eigenvalue weighted by atomic mass is 79.9. The fourth-order valence-electron chi connectivity index (χ4n) is 2.06. The number of hydrogen-bond acceptors (Lipinski definition) is 3. The number of anilines is 1. The van der Waals surface area contributed by atoms with Gasteiger partial charge in [0.05, 0.1) is 4.47 Å². The fraction of sp³-hybridized carbons (Fsp3) is 0.176. The van der Waals surface area contributed by atoms with Crippen LogP contribution in [0.3, 0.4) is 0 Å². The number of benzene rings is 2. The molecule has 0 heterocycles. The van der Waals surface area contributed by atoms with E-state index in [-0.39, 0.29) is 18.4 Å². The van der Waals surface area contributed by atoms with Gasteiger partial charge in [0.2, 0.25) is 0 Å². The molecule has 0 bridgehead atoms. The summed E-state index contributed by atoms with van der Waals surface area (Å²) in [5.41, 5.74) is 2.04. The molecule has 0 saturated heterocycles. The summed E-state index contributed by atoms with van der Waals surface area (Å²) in [6, 6.07) is 10.4. The van der Waals surface area contributed by atoms with Gasteiger partial charge in [0.15, 0.2) is 6.61 Å². The smallest absolute Gasteiger partial charge is 0.262 e. The molecule has 0 aliphatic rings. The highest BCUT2D eigenvalue weighted by Crippen LogP contribution is 2.32. The second-order valence-corrected chi connectivity index (χ2v) is 6.80. The molecule has 0 aliphatic carbocycles. The number of rotatable bonds is 5. The fourth-order valence-corrected chi connectivity index (χ4v) is 3.61. The molecular formula is C17H16Br2N2O3. The van der Waals surface area contributed by atoms with E-state index in [1.165, 1.54) is 0 Å². The number of carbonyl (C=O) groups excluding carboxylic acids is 2. The lowest BCUT2D eigenvalue weighted by atomic mass is 10.2. The zero-order valence-corrected chi connectivity index (χ0v) is 16.3. The third-order valence-corrected chi connectivity index (χ3v) is 4.25. The maximum atomic E-state index is 12.0. The van der Waals surface area contributed by atoms with Crippen LogP contribution in [0.25, 0.3) is 0 Å². The van der Waals surface area contributed by atoms with E-state index >= 15 is 0 Å². The summed E-state index contributed by atoms with van der Waals surface area (Å²) in [7, 11) is 1.57. The van der Waals surface area contributed by atoms with Crippen molar-refractivity contribution in [3.05, 3.63) is 56.5 Å². The Morgan fingerprint density at radius 1 is 1.12 bits per heavy atom. The van der Waals surface area contributed by atoms with Gasteiger partial charge < -0.3 is 15.4 Å². The van der Waals surface area contributed by atoms with Gasteiger partial charge in [-0.05, 0) is 64.8 Å². The summed E-state index contributed by atoms with van der Waals surface area (Å²) in [5, 5.41) is 5.27. The van der Waals surface area contributed by atoms with Crippen LogP contribution in [-0.2, 0) is 4.79 Å². The van der Waals surface area contributed by atoms with Crippen molar-refractivity contribution < 1.29 is 14.3 Å². The summed E-state index contributed by atoms with van der Waals surface area (Å²) >= 11 is 6.82. The Hall–Kier alpha value is -1.86. The lowest BCUT2D eigenvalue weighted by Gasteiger charge is -2.12. The van der Waals surface area contributed by atoms with Crippen LogP contribution in [0, 0.1) is 6.92 Å². The van der Waals surface area contributed by atoms with Crippen molar-refractivity contribution in [2.75, 3.05) is 19.0 Å². The predicted molar refractivity (Wildman–Crippen MR) is 101 cm³/mol. The quantitative estimate of drug-likeness (QED) is 0.718. The van der Waals surface area contributed by atoms with Gasteiger partial charge in [-0.15, -0.1) is 0 Å². The van der Waals surface area contributed by atoms with Crippen LogP contribution in [0.5, 0.6) is 5.75 Å². The van der Waals surface area contributed by atoms with Crippen molar-refractivity contribution in [3.63, 3.8) is 0 Å². The summed E-state index contributed by atoms with van der Waals surface area (Å²) in [4.78, 5) is 23.5. The molecule has 2 rings (SSSR count). The van der Waals surface area contributed by atoms with Crippen LogP contribution in [0.4, 0.5) is 5.69 Å². The van der Waals surface area contributed by atoms with Gasteiger partial charge >= 0.3 is 0 Å². The van der Waals surface area contributed by atoms with Gasteiger partial charge in [-0.2, -0.15) is 0 Å². The van der Waals surface area contributed by atoms with E-state index in [9.17, 15) is 9.59 Å². The molecule has 0 radical (unpaired) electrons. The number of halogens is 2. The van der Waals surface area contributed by atoms with Gasteiger partial charge in [0.25, 0.3) is 11.8 Å². The third kappa shape index (κ3) is 4.82. The molecule has 5 nitrogen and oxygen atoms in total. The summed E-state index contributed by atoms with van der Waals surface area (Å²) in [6.07, 6.45) is 0. The zero-order chi connectivity index (χ0) is 17.7. The first-order valence-electron chi connectivity index (χ1n) is 7.11. The van der Waals surface area contributed by atoms with Gasteiger partial charge in [-0.25, -0.2) is 0 Å². The molecular weight excluding hydrogens is 440 g/mol. The summed E-state index contributed by atoms with van der Waals surface area (Å²) in [6.45, 7) is 1.79. The number of ether oxygens (including phenoxy) is 1. The van der Waals surface area contributed by atoms with Crippen molar-refractivity contribution >= 4 is 49.4 Å². The first-order valence-corrected chi connectivity index (χ1v) is 8.69. The van der Waals surface area contributed by atoms with Gasteiger partial charge in [-0.3, -0.25) is 9.59 Å². The van der Waals surface area contributed by atoms with Crippen molar-refractivity contribution in [1.29, 1.82) is 0 Å². The van der Waals surface area contributed by atoms with Crippen LogP contribution < -0.4 is 15.4 Å². The number of aryl methyl sites for hydroxylation is 1. The Balaban J connectivity index is 1.95. The first-order chi connectivity index (χ1) is 11.4. The maximum Gasteiger partial charge on any atom is 0.262 e. The van der Waals surface area contributed by atoms with Gasteiger partial charge in [0.1, 0.15) is 5.75 Å². The molecule has 2 amide bonds. The largest absolute Gasteiger partial charge is 0.482 e. The van der Waals surface area contributed by atoms with Crippen molar-refractivity contribution in [2.24, 2.45) is 0 Å². The van der Waals surface area contributed by atoms with Crippen LogP contribution in [-0.4, -0.2) is 25.5 Å². The summed E-state index contributed by atoms with van der Waals surface area (Å²) < 4.78 is 7.30. The lowest BCUT2D eigenvalue weighted by Crippen LogP contribution is -2.21. The van der Waals surface area contributed by atoms with Crippen LogP contribution in [0.1, 0.15) is 15.9 Å². The Morgan fingerprint density at radius 3 is 2.38 bits per heavy atom. The number of amides is 2. The monoisotopic (exact) mass is 454 g/mol. The van der Waals surface area contributed by atoms with Gasteiger partial charge in [0, 0.05) is 22.8 Å². The second kappa shape index (κ2) is 8.30. The normalized spacial score (nSPS) is 10.2. The molecule has 2 aromatic carbocycles. The van der Waals surface area contributed by atoms with E-state index < -0.39 is 0 Å². The number of carbonyl (C=O) groups is 2. The topological polar surface area (TPSA) is 67.4 Å². The van der Waals surface area contributed by atoms with Crippen LogP contribution in [0.2, 0.25) is 0 Å². The highest BCUT2D eigenvalue weighted by molar-refractivity contribution is 9.11. The number of hydrogen-bond donors (Lipinski definition) is 2. The first kappa shape index (κ1) is 18.5. The van der Waals surface area contributed by atoms with E-state index in [0.717, 1.165) is 14.5 Å². The van der Waals surface area contributed by atoms with Crippen molar-refractivity contribution in [1.82, 2.24) is 5.32 Å². The van der Waals surface area contributed by atoms with E-state index in [1.807, 2.05) is 19.1 Å². The molecule has 24 heavy (non-hydrogen) atoms. The van der Waals surface area contributed by atoms with E-state index in [1.54, 1.807) is 31.3 Å². The minimum absolute atomic E-state index is 0.113. The van der Waals surface area contributed by atoms with Crippen molar-refractivity contribution in [3.8, 4) is 5.75 Å². The number of nitrogens with one attached hydrogen (secondary N) is 2. The molecule has 126 valence electrons. The predicted octanol–water partition coefficient (Wildman–Crippen LogP) is 3.90. The van der Waals surface area contributed by atoms with E-state index in [2.05, 4.69) is 42.5 Å². The molecule has 0 aromatic heterocycles. The Morgan fingerprint density at radius 2 is 1.79 bits per heavy atom. The molecule has 0 unspecified atom stereocenters. The average molecular weight is 456 g/mol. The SMILES string of the molecule is CNC(=O)c1ccc(NC(=O)COc2c(C)cc(Br)cc2Br)cc1. The molecule has 7 heteroatoms. The molecule has 0 fully saturated rings. The Bertz CT molecular complexity index is 738. The van der Waals surface area contributed by atoms with Gasteiger partial charge in [-0.1, -0.05) is 15.9 Å². The van der Waals surface area contributed by atoms with Crippen LogP contribution >= 0.6 is 31.9 Å². The Kier molecular flexibility index (Phi) is 6.39. The average Bonchev–Trinajstić information content (AvgIpc) is 2.53. The van der Waals surface area contributed by atoms with E-state index in [0.29, 0.717) is 17.0 Å². The third-order valence-electron chi connectivity index (χ3n) is 3.20. The highest BCUT2D eigenvalue weighted by Gasteiger charge is 2.10. The summed E-state index contributed by atoms with van der Waals surface area (Å²) in [5.74, 6) is 0.173. The molecule has 0 spiro atoms. The minimum Gasteiger partial charge on any atom is -0.482 e. The minimum atomic E-state index is -0.281. The molecule has 0 atom stereocenters. The van der Waals surface area contributed by atoms with Crippen LogP contribution in [0.15, 0.2) is 45.3 Å². The Labute approximate surface area is 157 Å². The van der Waals surface area contributed by atoms with E-state index in [4.69, 9.17) is 4.74 Å². The molecule has 0 saturated carbocycles. The maximum absolute atomic E-state index is 12.0. The lowest BCUT2D eigenvalue weighted by molar-refractivity contribution is -0.118.